The highest BCUT2D eigenvalue weighted by atomic mass is 79.9. The third-order valence-electron chi connectivity index (χ3n) is 2.46. The Balaban J connectivity index is 2.39. The first-order valence-corrected chi connectivity index (χ1v) is 6.83. The Morgan fingerprint density at radius 1 is 1.62 bits per heavy atom. The number of hydrogen-bond acceptors (Lipinski definition) is 3. The SMILES string of the molecule is CCNC(c1sccc1Br)c1cncn1C. The maximum atomic E-state index is 4.18. The zero-order valence-corrected chi connectivity index (χ0v) is 11.7. The van der Waals surface area contributed by atoms with E-state index >= 15 is 0 Å². The molecule has 2 heterocycles. The third-order valence-corrected chi connectivity index (χ3v) is 4.40. The summed E-state index contributed by atoms with van der Waals surface area (Å²) in [6.07, 6.45) is 3.75. The molecule has 0 aromatic carbocycles. The van der Waals surface area contributed by atoms with Crippen LogP contribution in [0.5, 0.6) is 0 Å². The molecule has 0 radical (unpaired) electrons. The molecule has 1 unspecified atom stereocenters. The fourth-order valence-electron chi connectivity index (χ4n) is 1.69. The topological polar surface area (TPSA) is 29.9 Å². The monoisotopic (exact) mass is 299 g/mol. The van der Waals surface area contributed by atoms with Gasteiger partial charge in [-0.3, -0.25) is 0 Å². The number of hydrogen-bond donors (Lipinski definition) is 1. The van der Waals surface area contributed by atoms with Crippen LogP contribution in [0.4, 0.5) is 0 Å². The average Bonchev–Trinajstić information content (AvgIpc) is 2.84. The van der Waals surface area contributed by atoms with Gasteiger partial charge in [-0.1, -0.05) is 6.92 Å². The Bertz CT molecular complexity index is 423. The van der Waals surface area contributed by atoms with Crippen molar-refractivity contribution in [2.24, 2.45) is 7.05 Å². The molecule has 0 spiro atoms. The molecule has 3 nitrogen and oxygen atoms in total. The van der Waals surface area contributed by atoms with E-state index in [1.165, 1.54) is 10.6 Å². The summed E-state index contributed by atoms with van der Waals surface area (Å²) in [5.41, 5.74) is 1.19. The highest BCUT2D eigenvalue weighted by molar-refractivity contribution is 9.10. The predicted molar refractivity (Wildman–Crippen MR) is 70.7 cm³/mol. The molecule has 1 atom stereocenters. The van der Waals surface area contributed by atoms with Gasteiger partial charge in [-0.25, -0.2) is 4.98 Å². The Morgan fingerprint density at radius 2 is 2.44 bits per heavy atom. The van der Waals surface area contributed by atoms with Crippen molar-refractivity contribution in [3.05, 3.63) is 39.0 Å². The van der Waals surface area contributed by atoms with E-state index in [1.807, 2.05) is 19.6 Å². The van der Waals surface area contributed by atoms with Crippen LogP contribution in [0.15, 0.2) is 28.4 Å². The molecule has 5 heteroatoms. The van der Waals surface area contributed by atoms with E-state index in [0.29, 0.717) is 0 Å². The molecule has 0 saturated carbocycles. The van der Waals surface area contributed by atoms with E-state index in [4.69, 9.17) is 0 Å². The summed E-state index contributed by atoms with van der Waals surface area (Å²) in [6.45, 7) is 3.05. The van der Waals surface area contributed by atoms with Crippen LogP contribution >= 0.6 is 27.3 Å². The van der Waals surface area contributed by atoms with Crippen LogP contribution < -0.4 is 5.32 Å². The van der Waals surface area contributed by atoms with Gasteiger partial charge in [0.2, 0.25) is 0 Å². The molecule has 2 aromatic rings. The van der Waals surface area contributed by atoms with E-state index in [1.54, 1.807) is 11.3 Å². The van der Waals surface area contributed by atoms with Crippen LogP contribution in [0, 0.1) is 0 Å². The minimum atomic E-state index is 0.215. The van der Waals surface area contributed by atoms with Gasteiger partial charge in [0.05, 0.1) is 24.3 Å². The standard InChI is InChI=1S/C11H14BrN3S/c1-3-14-10(9-6-13-7-15(9)2)11-8(12)4-5-16-11/h4-7,10,14H,3H2,1-2H3. The summed E-state index contributed by atoms with van der Waals surface area (Å²) >= 11 is 5.34. The Labute approximate surface area is 108 Å². The zero-order valence-electron chi connectivity index (χ0n) is 9.27. The van der Waals surface area contributed by atoms with Crippen molar-refractivity contribution in [3.8, 4) is 0 Å². The lowest BCUT2D eigenvalue weighted by atomic mass is 10.2. The van der Waals surface area contributed by atoms with E-state index in [-0.39, 0.29) is 6.04 Å². The maximum Gasteiger partial charge on any atom is 0.0946 e. The van der Waals surface area contributed by atoms with Crippen molar-refractivity contribution < 1.29 is 0 Å². The summed E-state index contributed by atoms with van der Waals surface area (Å²) in [4.78, 5) is 5.47. The second-order valence-electron chi connectivity index (χ2n) is 3.55. The smallest absolute Gasteiger partial charge is 0.0946 e. The fourth-order valence-corrected chi connectivity index (χ4v) is 3.38. The van der Waals surface area contributed by atoms with Gasteiger partial charge in [-0.05, 0) is 33.9 Å². The van der Waals surface area contributed by atoms with Crippen molar-refractivity contribution in [2.75, 3.05) is 6.54 Å². The molecule has 2 aromatic heterocycles. The molecular formula is C11H14BrN3S. The maximum absolute atomic E-state index is 4.18. The molecule has 2 rings (SSSR count). The van der Waals surface area contributed by atoms with Gasteiger partial charge in [0.25, 0.3) is 0 Å². The summed E-state index contributed by atoms with van der Waals surface area (Å²) in [7, 11) is 2.02. The van der Waals surface area contributed by atoms with Gasteiger partial charge < -0.3 is 9.88 Å². The number of halogens is 1. The lowest BCUT2D eigenvalue weighted by Gasteiger charge is -2.17. The first kappa shape index (κ1) is 11.8. The first-order valence-electron chi connectivity index (χ1n) is 5.16. The lowest BCUT2D eigenvalue weighted by Crippen LogP contribution is -2.23. The van der Waals surface area contributed by atoms with Crippen molar-refractivity contribution in [1.29, 1.82) is 0 Å². The number of imidazole rings is 1. The summed E-state index contributed by atoms with van der Waals surface area (Å²) < 4.78 is 3.21. The van der Waals surface area contributed by atoms with Crippen LogP contribution in [-0.4, -0.2) is 16.1 Å². The third kappa shape index (κ3) is 2.21. The van der Waals surface area contributed by atoms with Gasteiger partial charge in [0.1, 0.15) is 0 Å². The normalized spacial score (nSPS) is 12.9. The number of nitrogens with one attached hydrogen (secondary N) is 1. The Hall–Kier alpha value is -0.650. The van der Waals surface area contributed by atoms with E-state index < -0.39 is 0 Å². The van der Waals surface area contributed by atoms with Crippen LogP contribution in [0.2, 0.25) is 0 Å². The molecule has 0 saturated heterocycles. The molecule has 0 aliphatic heterocycles. The molecule has 0 amide bonds. The number of rotatable bonds is 4. The van der Waals surface area contributed by atoms with Crippen LogP contribution in [0.1, 0.15) is 23.5 Å². The van der Waals surface area contributed by atoms with Crippen molar-refractivity contribution in [2.45, 2.75) is 13.0 Å². The molecule has 1 N–H and O–H groups in total. The molecule has 86 valence electrons. The molecule has 0 aliphatic carbocycles. The second kappa shape index (κ2) is 5.12. The number of thiophene rings is 1. The lowest BCUT2D eigenvalue weighted by molar-refractivity contribution is 0.600. The van der Waals surface area contributed by atoms with Gasteiger partial charge in [0.15, 0.2) is 0 Å². The van der Waals surface area contributed by atoms with Gasteiger partial charge in [-0.15, -0.1) is 11.3 Å². The first-order chi connectivity index (χ1) is 7.74. The molecule has 0 bridgehead atoms. The summed E-state index contributed by atoms with van der Waals surface area (Å²) in [5.74, 6) is 0. The van der Waals surface area contributed by atoms with Crippen molar-refractivity contribution in [1.82, 2.24) is 14.9 Å². The Morgan fingerprint density at radius 3 is 2.94 bits per heavy atom. The summed E-state index contributed by atoms with van der Waals surface area (Å²) in [6, 6.07) is 2.30. The van der Waals surface area contributed by atoms with E-state index in [9.17, 15) is 0 Å². The number of nitrogens with zero attached hydrogens (tertiary/aromatic N) is 2. The largest absolute Gasteiger partial charge is 0.336 e. The molecule has 16 heavy (non-hydrogen) atoms. The number of aromatic nitrogens is 2. The highest BCUT2D eigenvalue weighted by Gasteiger charge is 2.19. The van der Waals surface area contributed by atoms with Crippen molar-refractivity contribution >= 4 is 27.3 Å². The van der Waals surface area contributed by atoms with E-state index in [2.05, 4.69) is 49.2 Å². The van der Waals surface area contributed by atoms with Gasteiger partial charge in [-0.2, -0.15) is 0 Å². The Kier molecular flexibility index (Phi) is 3.78. The number of aryl methyl sites for hydroxylation is 1. The highest BCUT2D eigenvalue weighted by Crippen LogP contribution is 2.32. The minimum absolute atomic E-state index is 0.215. The van der Waals surface area contributed by atoms with Crippen LogP contribution in [0.25, 0.3) is 0 Å². The van der Waals surface area contributed by atoms with Crippen LogP contribution in [0.3, 0.4) is 0 Å². The van der Waals surface area contributed by atoms with Gasteiger partial charge in [0, 0.05) is 16.4 Å². The van der Waals surface area contributed by atoms with E-state index in [0.717, 1.165) is 11.0 Å². The van der Waals surface area contributed by atoms with Gasteiger partial charge >= 0.3 is 0 Å². The van der Waals surface area contributed by atoms with Crippen molar-refractivity contribution in [3.63, 3.8) is 0 Å². The average molecular weight is 300 g/mol. The second-order valence-corrected chi connectivity index (χ2v) is 5.35. The molecule has 0 aliphatic rings. The zero-order chi connectivity index (χ0) is 11.5. The predicted octanol–water partition coefficient (Wildman–Crippen LogP) is 2.94. The molecular weight excluding hydrogens is 286 g/mol. The quantitative estimate of drug-likeness (QED) is 0.941. The fraction of sp³-hybridized carbons (Fsp3) is 0.364. The minimum Gasteiger partial charge on any atom is -0.336 e. The van der Waals surface area contributed by atoms with Crippen LogP contribution in [-0.2, 0) is 7.05 Å². The molecule has 0 fully saturated rings. The summed E-state index contributed by atoms with van der Waals surface area (Å²) in [5, 5.41) is 5.59.